The summed E-state index contributed by atoms with van der Waals surface area (Å²) < 4.78 is 45.8. The molecule has 4 atom stereocenters. The maximum absolute atomic E-state index is 12.3. The molecule has 1 aliphatic rings. The van der Waals surface area contributed by atoms with E-state index >= 15 is 0 Å². The van der Waals surface area contributed by atoms with E-state index < -0.39 is 43.2 Å². The standard InChI is InChI=1S/C8H11F3O5/c1-3(12)15-5-2-4(13)6(14)7(16-5)8(9,10)11/h4-7,13-14H,2H2,1H3/t4-,5+,6-,7+/m0/s1. The largest absolute Gasteiger partial charge is 0.436 e. The van der Waals surface area contributed by atoms with Gasteiger partial charge in [-0.3, -0.25) is 4.79 Å². The summed E-state index contributed by atoms with van der Waals surface area (Å²) in [6.45, 7) is 1.00. The number of aliphatic hydroxyl groups is 2. The van der Waals surface area contributed by atoms with Crippen LogP contribution in [0.2, 0.25) is 0 Å². The molecule has 1 rings (SSSR count). The number of hydrogen-bond acceptors (Lipinski definition) is 5. The number of carbonyl (C=O) groups is 1. The highest BCUT2D eigenvalue weighted by atomic mass is 19.4. The van der Waals surface area contributed by atoms with Gasteiger partial charge in [0.15, 0.2) is 6.10 Å². The van der Waals surface area contributed by atoms with E-state index in [4.69, 9.17) is 5.11 Å². The average molecular weight is 244 g/mol. The smallest absolute Gasteiger partial charge is 0.417 e. The van der Waals surface area contributed by atoms with Crippen LogP contribution in [-0.2, 0) is 14.3 Å². The lowest BCUT2D eigenvalue weighted by Gasteiger charge is -2.37. The number of aliphatic hydroxyl groups excluding tert-OH is 2. The topological polar surface area (TPSA) is 76.0 Å². The molecule has 0 amide bonds. The zero-order chi connectivity index (χ0) is 12.5. The van der Waals surface area contributed by atoms with Gasteiger partial charge >= 0.3 is 12.1 Å². The Morgan fingerprint density at radius 1 is 1.44 bits per heavy atom. The van der Waals surface area contributed by atoms with Gasteiger partial charge in [0.1, 0.15) is 6.10 Å². The van der Waals surface area contributed by atoms with E-state index in [9.17, 15) is 23.1 Å². The Morgan fingerprint density at radius 2 is 2.00 bits per heavy atom. The van der Waals surface area contributed by atoms with E-state index in [2.05, 4.69) is 9.47 Å². The molecule has 0 aromatic rings. The average Bonchev–Trinajstić information content (AvgIpc) is 2.08. The van der Waals surface area contributed by atoms with Gasteiger partial charge in [-0.15, -0.1) is 0 Å². The predicted molar refractivity (Wildman–Crippen MR) is 43.1 cm³/mol. The van der Waals surface area contributed by atoms with Gasteiger partial charge in [0.25, 0.3) is 0 Å². The minimum atomic E-state index is -4.83. The minimum absolute atomic E-state index is 0.396. The summed E-state index contributed by atoms with van der Waals surface area (Å²) in [7, 11) is 0. The zero-order valence-electron chi connectivity index (χ0n) is 8.27. The van der Waals surface area contributed by atoms with Crippen LogP contribution >= 0.6 is 0 Å². The van der Waals surface area contributed by atoms with Crippen LogP contribution in [-0.4, -0.2) is 47.0 Å². The van der Waals surface area contributed by atoms with Crippen molar-refractivity contribution in [2.45, 2.75) is 44.1 Å². The summed E-state index contributed by atoms with van der Waals surface area (Å²) in [5.41, 5.74) is 0. The van der Waals surface area contributed by atoms with Crippen molar-refractivity contribution in [3.8, 4) is 0 Å². The fourth-order valence-corrected chi connectivity index (χ4v) is 1.37. The van der Waals surface area contributed by atoms with Crippen molar-refractivity contribution in [3.63, 3.8) is 0 Å². The number of esters is 1. The van der Waals surface area contributed by atoms with Crippen LogP contribution in [0, 0.1) is 0 Å². The Kier molecular flexibility index (Phi) is 3.76. The van der Waals surface area contributed by atoms with Crippen LogP contribution in [0.25, 0.3) is 0 Å². The number of hydrogen-bond donors (Lipinski definition) is 2. The minimum Gasteiger partial charge on any atom is -0.436 e. The van der Waals surface area contributed by atoms with Crippen molar-refractivity contribution >= 4 is 5.97 Å². The highest BCUT2D eigenvalue weighted by Gasteiger charge is 2.52. The molecule has 1 heterocycles. The summed E-state index contributed by atoms with van der Waals surface area (Å²) >= 11 is 0. The van der Waals surface area contributed by atoms with Gasteiger partial charge < -0.3 is 19.7 Å². The summed E-state index contributed by atoms with van der Waals surface area (Å²) in [5, 5.41) is 18.3. The predicted octanol–water partition coefficient (Wildman–Crippen LogP) is -0.0514. The van der Waals surface area contributed by atoms with Crippen LogP contribution < -0.4 is 0 Å². The Morgan fingerprint density at radius 3 is 2.44 bits per heavy atom. The first-order valence-electron chi connectivity index (χ1n) is 4.47. The van der Waals surface area contributed by atoms with E-state index in [0.29, 0.717) is 0 Å². The second kappa shape index (κ2) is 4.56. The lowest BCUT2D eigenvalue weighted by Crippen LogP contribution is -2.55. The van der Waals surface area contributed by atoms with Gasteiger partial charge in [-0.05, 0) is 0 Å². The number of rotatable bonds is 1. The zero-order valence-corrected chi connectivity index (χ0v) is 8.27. The molecule has 0 bridgehead atoms. The van der Waals surface area contributed by atoms with Gasteiger partial charge in [0.2, 0.25) is 6.29 Å². The normalized spacial score (nSPS) is 35.9. The molecule has 8 heteroatoms. The van der Waals surface area contributed by atoms with Crippen LogP contribution in [0.15, 0.2) is 0 Å². The molecular weight excluding hydrogens is 233 g/mol. The van der Waals surface area contributed by atoms with Crippen LogP contribution in [0.5, 0.6) is 0 Å². The lowest BCUT2D eigenvalue weighted by molar-refractivity contribution is -0.322. The molecule has 2 N–H and O–H groups in total. The highest BCUT2D eigenvalue weighted by molar-refractivity contribution is 5.66. The first-order valence-corrected chi connectivity index (χ1v) is 4.47. The first kappa shape index (κ1) is 13.2. The third-order valence-corrected chi connectivity index (χ3v) is 2.06. The van der Waals surface area contributed by atoms with Crippen molar-refractivity contribution < 1.29 is 37.7 Å². The Bertz CT molecular complexity index is 267. The molecule has 0 aliphatic carbocycles. The third-order valence-electron chi connectivity index (χ3n) is 2.06. The van der Waals surface area contributed by atoms with Gasteiger partial charge in [-0.25, -0.2) is 0 Å². The van der Waals surface area contributed by atoms with Gasteiger partial charge in [-0.1, -0.05) is 0 Å². The van der Waals surface area contributed by atoms with Gasteiger partial charge in [0.05, 0.1) is 6.10 Å². The molecule has 0 aromatic heterocycles. The summed E-state index contributed by atoms with van der Waals surface area (Å²) in [4.78, 5) is 10.5. The molecule has 1 fully saturated rings. The SMILES string of the molecule is CC(=O)O[C@H]1C[C@H](O)[C@H](O)[C@H](C(F)(F)F)O1. The molecule has 0 radical (unpaired) electrons. The Labute approximate surface area is 88.8 Å². The van der Waals surface area contributed by atoms with E-state index in [1.807, 2.05) is 0 Å². The Hall–Kier alpha value is -0.860. The number of halogens is 3. The summed E-state index contributed by atoms with van der Waals surface area (Å²) in [6, 6.07) is 0. The van der Waals surface area contributed by atoms with Gasteiger partial charge in [-0.2, -0.15) is 13.2 Å². The van der Waals surface area contributed by atoms with E-state index in [1.165, 1.54) is 0 Å². The molecule has 5 nitrogen and oxygen atoms in total. The third kappa shape index (κ3) is 3.06. The fourth-order valence-electron chi connectivity index (χ4n) is 1.37. The number of alkyl halides is 3. The molecule has 0 aromatic carbocycles. The Balaban J connectivity index is 2.73. The highest BCUT2D eigenvalue weighted by Crippen LogP contribution is 2.32. The van der Waals surface area contributed by atoms with Crippen molar-refractivity contribution in [2.75, 3.05) is 0 Å². The van der Waals surface area contributed by atoms with Crippen molar-refractivity contribution in [1.29, 1.82) is 0 Å². The van der Waals surface area contributed by atoms with Crippen LogP contribution in [0.1, 0.15) is 13.3 Å². The second-order valence-electron chi connectivity index (χ2n) is 3.43. The maximum Gasteiger partial charge on any atom is 0.417 e. The quantitative estimate of drug-likeness (QED) is 0.632. The first-order chi connectivity index (χ1) is 7.21. The molecular formula is C8H11F3O5. The number of carbonyl (C=O) groups excluding carboxylic acids is 1. The molecule has 0 saturated carbocycles. The van der Waals surface area contributed by atoms with E-state index in [-0.39, 0.29) is 0 Å². The summed E-state index contributed by atoms with van der Waals surface area (Å²) in [5.74, 6) is -0.825. The van der Waals surface area contributed by atoms with Gasteiger partial charge in [0, 0.05) is 13.3 Å². The second-order valence-corrected chi connectivity index (χ2v) is 3.43. The number of ether oxygens (including phenoxy) is 2. The maximum atomic E-state index is 12.3. The molecule has 94 valence electrons. The van der Waals surface area contributed by atoms with Crippen molar-refractivity contribution in [2.24, 2.45) is 0 Å². The van der Waals surface area contributed by atoms with Crippen LogP contribution in [0.3, 0.4) is 0 Å². The van der Waals surface area contributed by atoms with E-state index in [0.717, 1.165) is 6.92 Å². The van der Waals surface area contributed by atoms with E-state index in [1.54, 1.807) is 0 Å². The molecule has 1 aliphatic heterocycles. The lowest BCUT2D eigenvalue weighted by atomic mass is 10.0. The molecule has 0 spiro atoms. The molecule has 1 saturated heterocycles. The fraction of sp³-hybridized carbons (Fsp3) is 0.875. The van der Waals surface area contributed by atoms with Crippen molar-refractivity contribution in [3.05, 3.63) is 0 Å². The molecule has 16 heavy (non-hydrogen) atoms. The summed E-state index contributed by atoms with van der Waals surface area (Å²) in [6.07, 6.45) is -13.0. The van der Waals surface area contributed by atoms with Crippen molar-refractivity contribution in [1.82, 2.24) is 0 Å². The van der Waals surface area contributed by atoms with Crippen LogP contribution in [0.4, 0.5) is 13.2 Å². The monoisotopic (exact) mass is 244 g/mol. The molecule has 0 unspecified atom stereocenters.